The van der Waals surface area contributed by atoms with Crippen LogP contribution in [0.5, 0.6) is 0 Å². The van der Waals surface area contributed by atoms with Gasteiger partial charge in [0.15, 0.2) is 0 Å². The van der Waals surface area contributed by atoms with Gasteiger partial charge in [0.2, 0.25) is 0 Å². The molecule has 0 aromatic carbocycles. The number of aliphatic hydroxyl groups excluding tert-OH is 1. The summed E-state index contributed by atoms with van der Waals surface area (Å²) >= 11 is 6.92. The first-order valence-corrected chi connectivity index (χ1v) is 5.07. The van der Waals surface area contributed by atoms with Crippen LogP contribution in [0.3, 0.4) is 0 Å². The van der Waals surface area contributed by atoms with Crippen LogP contribution in [0.25, 0.3) is 0 Å². The van der Waals surface area contributed by atoms with Crippen LogP contribution in [0.4, 0.5) is 4.39 Å². The molecule has 1 rings (SSSR count). The molecule has 1 aromatic heterocycles. The van der Waals surface area contributed by atoms with E-state index in [2.05, 4.69) is 4.98 Å². The maximum atomic E-state index is 11.8. The van der Waals surface area contributed by atoms with Gasteiger partial charge >= 0.3 is 0 Å². The number of aliphatic hydroxyl groups is 1. The highest BCUT2D eigenvalue weighted by Gasteiger charge is 2.04. The Labute approximate surface area is 85.1 Å². The second kappa shape index (κ2) is 5.42. The zero-order valence-corrected chi connectivity index (χ0v) is 8.35. The van der Waals surface area contributed by atoms with Crippen LogP contribution in [-0.2, 0) is 0 Å². The van der Waals surface area contributed by atoms with Crippen molar-refractivity contribution in [2.75, 3.05) is 12.4 Å². The van der Waals surface area contributed by atoms with Crippen LogP contribution in [0.2, 0.25) is 5.02 Å². The van der Waals surface area contributed by atoms with Crippen molar-refractivity contribution >= 4 is 23.4 Å². The fourth-order valence-corrected chi connectivity index (χ4v) is 1.53. The Bertz CT molecular complexity index is 257. The lowest BCUT2D eigenvalue weighted by Gasteiger charge is -2.04. The topological polar surface area (TPSA) is 33.1 Å². The van der Waals surface area contributed by atoms with Crippen LogP contribution in [0.1, 0.15) is 0 Å². The number of hydrogen-bond acceptors (Lipinski definition) is 3. The van der Waals surface area contributed by atoms with E-state index in [0.29, 0.717) is 10.8 Å². The molecule has 0 saturated carbocycles. The lowest BCUT2D eigenvalue weighted by atomic mass is 10.5. The molecule has 72 valence electrons. The summed E-state index contributed by atoms with van der Waals surface area (Å²) in [4.78, 5) is 3.98. The molecule has 1 heterocycles. The number of halogens is 2. The molecule has 1 aromatic rings. The third-order valence-corrected chi connectivity index (χ3v) is 2.61. The molecule has 0 amide bonds. The highest BCUT2D eigenvalue weighted by molar-refractivity contribution is 7.99. The van der Waals surface area contributed by atoms with Gasteiger partial charge in [0.05, 0.1) is 16.2 Å². The smallest absolute Gasteiger partial charge is 0.116 e. The van der Waals surface area contributed by atoms with Gasteiger partial charge in [-0.2, -0.15) is 0 Å². The van der Waals surface area contributed by atoms with E-state index in [-0.39, 0.29) is 0 Å². The van der Waals surface area contributed by atoms with E-state index in [9.17, 15) is 4.39 Å². The Morgan fingerprint density at radius 2 is 2.38 bits per heavy atom. The monoisotopic (exact) mass is 221 g/mol. The van der Waals surface area contributed by atoms with Crippen molar-refractivity contribution in [3.05, 3.63) is 23.4 Å². The number of thioether (sulfide) groups is 1. The van der Waals surface area contributed by atoms with E-state index in [4.69, 9.17) is 16.7 Å². The summed E-state index contributed by atoms with van der Waals surface area (Å²) in [6, 6.07) is 3.44. The molecule has 1 N–H and O–H groups in total. The van der Waals surface area contributed by atoms with Crippen molar-refractivity contribution in [2.45, 2.75) is 11.1 Å². The number of nitrogens with zero attached hydrogens (tertiary/aromatic N) is 1. The SMILES string of the molecule is OC(CF)CSc1ccc(Cl)cn1. The molecular weight excluding hydrogens is 213 g/mol. The van der Waals surface area contributed by atoms with Gasteiger partial charge in [0.25, 0.3) is 0 Å². The largest absolute Gasteiger partial charge is 0.390 e. The molecule has 0 fully saturated rings. The third-order valence-electron chi connectivity index (χ3n) is 1.30. The van der Waals surface area contributed by atoms with Crippen LogP contribution in [0, 0.1) is 0 Å². The first-order chi connectivity index (χ1) is 6.22. The van der Waals surface area contributed by atoms with E-state index >= 15 is 0 Å². The van der Waals surface area contributed by atoms with Crippen molar-refractivity contribution in [1.29, 1.82) is 0 Å². The van der Waals surface area contributed by atoms with Crippen LogP contribution in [0.15, 0.2) is 23.4 Å². The average Bonchev–Trinajstić information content (AvgIpc) is 2.16. The Hall–Kier alpha value is -0.320. The Morgan fingerprint density at radius 3 is 2.92 bits per heavy atom. The molecular formula is C8H9ClFNOS. The normalized spacial score (nSPS) is 12.8. The van der Waals surface area contributed by atoms with Crippen molar-refractivity contribution in [3.8, 4) is 0 Å². The first kappa shape index (κ1) is 10.8. The lowest BCUT2D eigenvalue weighted by Crippen LogP contribution is -2.11. The van der Waals surface area contributed by atoms with Crippen molar-refractivity contribution in [2.24, 2.45) is 0 Å². The van der Waals surface area contributed by atoms with E-state index in [1.165, 1.54) is 18.0 Å². The Balaban J connectivity index is 2.41. The van der Waals surface area contributed by atoms with E-state index < -0.39 is 12.8 Å². The van der Waals surface area contributed by atoms with Crippen molar-refractivity contribution < 1.29 is 9.50 Å². The van der Waals surface area contributed by atoms with Gasteiger partial charge in [-0.15, -0.1) is 11.8 Å². The number of alkyl halides is 1. The van der Waals surface area contributed by atoms with E-state index in [1.54, 1.807) is 12.1 Å². The third kappa shape index (κ3) is 3.93. The van der Waals surface area contributed by atoms with Gasteiger partial charge in [-0.05, 0) is 12.1 Å². The average molecular weight is 222 g/mol. The standard InChI is InChI=1S/C8H9ClFNOS/c9-6-1-2-8(11-4-6)13-5-7(12)3-10/h1-2,4,7,12H,3,5H2. The number of hydrogen-bond donors (Lipinski definition) is 1. The molecule has 5 heteroatoms. The highest BCUT2D eigenvalue weighted by atomic mass is 35.5. The summed E-state index contributed by atoms with van der Waals surface area (Å²) in [6.07, 6.45) is 0.605. The molecule has 0 saturated heterocycles. The quantitative estimate of drug-likeness (QED) is 0.791. The molecule has 0 aliphatic rings. The van der Waals surface area contributed by atoms with Crippen LogP contribution in [-0.4, -0.2) is 28.6 Å². The zero-order valence-electron chi connectivity index (χ0n) is 6.78. The molecule has 0 aliphatic heterocycles. The Morgan fingerprint density at radius 1 is 1.62 bits per heavy atom. The van der Waals surface area contributed by atoms with E-state index in [0.717, 1.165) is 5.03 Å². The summed E-state index contributed by atoms with van der Waals surface area (Å²) < 4.78 is 11.8. The number of rotatable bonds is 4. The van der Waals surface area contributed by atoms with Crippen molar-refractivity contribution in [3.63, 3.8) is 0 Å². The van der Waals surface area contributed by atoms with Gasteiger partial charge in [-0.1, -0.05) is 11.6 Å². The Kier molecular flexibility index (Phi) is 4.48. The van der Waals surface area contributed by atoms with Gasteiger partial charge in [-0.3, -0.25) is 0 Å². The number of aromatic nitrogens is 1. The van der Waals surface area contributed by atoms with Crippen LogP contribution >= 0.6 is 23.4 Å². The van der Waals surface area contributed by atoms with E-state index in [1.807, 2.05) is 0 Å². The van der Waals surface area contributed by atoms with Crippen LogP contribution < -0.4 is 0 Å². The second-order valence-corrected chi connectivity index (χ2v) is 3.91. The summed E-state index contributed by atoms with van der Waals surface area (Å²) in [5.74, 6) is 0.311. The van der Waals surface area contributed by atoms with Gasteiger partial charge in [-0.25, -0.2) is 9.37 Å². The van der Waals surface area contributed by atoms with Gasteiger partial charge < -0.3 is 5.11 Å². The molecule has 1 unspecified atom stereocenters. The molecule has 0 aliphatic carbocycles. The molecule has 1 atom stereocenters. The summed E-state index contributed by atoms with van der Waals surface area (Å²) in [7, 11) is 0. The highest BCUT2D eigenvalue weighted by Crippen LogP contribution is 2.17. The molecule has 0 bridgehead atoms. The van der Waals surface area contributed by atoms with Crippen molar-refractivity contribution in [1.82, 2.24) is 4.98 Å². The lowest BCUT2D eigenvalue weighted by molar-refractivity contribution is 0.162. The first-order valence-electron chi connectivity index (χ1n) is 3.70. The minimum absolute atomic E-state index is 0.311. The predicted octanol–water partition coefficient (Wildman–Crippen LogP) is 2.16. The maximum Gasteiger partial charge on any atom is 0.116 e. The summed E-state index contributed by atoms with van der Waals surface area (Å²) in [5, 5.41) is 10.2. The molecule has 2 nitrogen and oxygen atoms in total. The molecule has 13 heavy (non-hydrogen) atoms. The summed E-state index contributed by atoms with van der Waals surface area (Å²) in [5.41, 5.74) is 0. The number of pyridine rings is 1. The van der Waals surface area contributed by atoms with Gasteiger partial charge in [0.1, 0.15) is 6.67 Å². The zero-order chi connectivity index (χ0) is 9.68. The fraction of sp³-hybridized carbons (Fsp3) is 0.375. The predicted molar refractivity (Wildman–Crippen MR) is 52.0 cm³/mol. The molecule has 0 radical (unpaired) electrons. The van der Waals surface area contributed by atoms with Gasteiger partial charge in [0, 0.05) is 11.9 Å². The minimum Gasteiger partial charge on any atom is -0.390 e. The summed E-state index contributed by atoms with van der Waals surface area (Å²) in [6.45, 7) is -0.722. The second-order valence-electron chi connectivity index (χ2n) is 2.43. The maximum absolute atomic E-state index is 11.8. The minimum atomic E-state index is -0.914. The fourth-order valence-electron chi connectivity index (χ4n) is 0.674. The molecule has 0 spiro atoms.